The Morgan fingerprint density at radius 1 is 1.28 bits per heavy atom. The largest absolute Gasteiger partial charge is 0.496 e. The molecule has 1 amide bonds. The summed E-state index contributed by atoms with van der Waals surface area (Å²) < 4.78 is 32.7. The second kappa shape index (κ2) is 9.03. The van der Waals surface area contributed by atoms with Crippen LogP contribution in [0, 0.1) is 17.6 Å². The zero-order valence-electron chi connectivity index (χ0n) is 16.7. The van der Waals surface area contributed by atoms with Crippen molar-refractivity contribution in [1.29, 1.82) is 0 Å². The average Bonchev–Trinajstić information content (AvgIpc) is 3.17. The molecule has 0 unspecified atom stereocenters. The fourth-order valence-electron chi connectivity index (χ4n) is 3.27. The Bertz CT molecular complexity index is 915. The van der Waals surface area contributed by atoms with Gasteiger partial charge in [0.2, 0.25) is 5.91 Å². The van der Waals surface area contributed by atoms with Crippen LogP contribution in [0.15, 0.2) is 47.6 Å². The van der Waals surface area contributed by atoms with Crippen molar-refractivity contribution in [3.8, 4) is 5.75 Å². The molecule has 1 aliphatic heterocycles. The third-order valence-corrected chi connectivity index (χ3v) is 4.76. The summed E-state index contributed by atoms with van der Waals surface area (Å²) in [5.74, 6) is -1.04. The first-order valence-corrected chi connectivity index (χ1v) is 9.47. The standard InChI is InChI=1S/C22H24F2N2O3/c1-14(2)22(27)26(12-15-8-9-16(23)10-19(15)24)13-17-11-20(25-29-17)18-6-4-5-7-21(18)28-3/h4-10,14,17H,11-13H2,1-3H3/t17-/m1/s1. The number of para-hydroxylation sites is 1. The number of methoxy groups -OCH3 is 1. The molecule has 2 aromatic carbocycles. The molecular formula is C22H24F2N2O3. The molecule has 0 saturated heterocycles. The first-order chi connectivity index (χ1) is 13.9. The maximum absolute atomic E-state index is 14.1. The van der Waals surface area contributed by atoms with Crippen molar-refractivity contribution in [1.82, 2.24) is 4.90 Å². The lowest BCUT2D eigenvalue weighted by molar-refractivity contribution is -0.137. The van der Waals surface area contributed by atoms with Crippen LogP contribution in [0.4, 0.5) is 8.78 Å². The van der Waals surface area contributed by atoms with Crippen LogP contribution in [0.2, 0.25) is 0 Å². The van der Waals surface area contributed by atoms with Gasteiger partial charge < -0.3 is 14.5 Å². The number of oxime groups is 1. The molecule has 0 spiro atoms. The molecular weight excluding hydrogens is 378 g/mol. The maximum Gasteiger partial charge on any atom is 0.225 e. The van der Waals surface area contributed by atoms with Gasteiger partial charge in [0, 0.05) is 36.1 Å². The minimum atomic E-state index is -0.676. The third kappa shape index (κ3) is 4.91. The zero-order chi connectivity index (χ0) is 21.0. The highest BCUT2D eigenvalue weighted by molar-refractivity contribution is 6.03. The van der Waals surface area contributed by atoms with Crippen LogP contribution in [0.5, 0.6) is 5.75 Å². The van der Waals surface area contributed by atoms with E-state index in [1.807, 2.05) is 24.3 Å². The second-order valence-corrected chi connectivity index (χ2v) is 7.28. The van der Waals surface area contributed by atoms with Gasteiger partial charge >= 0.3 is 0 Å². The molecule has 0 aliphatic carbocycles. The number of nitrogens with zero attached hydrogens (tertiary/aromatic N) is 2. The molecule has 1 aliphatic rings. The molecule has 0 aromatic heterocycles. The predicted octanol–water partition coefficient (Wildman–Crippen LogP) is 4.15. The molecule has 0 fully saturated rings. The lowest BCUT2D eigenvalue weighted by atomic mass is 10.0. The molecule has 0 bridgehead atoms. The fraction of sp³-hybridized carbons (Fsp3) is 0.364. The van der Waals surface area contributed by atoms with Crippen molar-refractivity contribution >= 4 is 11.6 Å². The van der Waals surface area contributed by atoms with Crippen molar-refractivity contribution < 1.29 is 23.1 Å². The lowest BCUT2D eigenvalue weighted by Gasteiger charge is -2.26. The molecule has 5 nitrogen and oxygen atoms in total. The number of amides is 1. The van der Waals surface area contributed by atoms with Crippen LogP contribution >= 0.6 is 0 Å². The van der Waals surface area contributed by atoms with Gasteiger partial charge in [-0.15, -0.1) is 0 Å². The number of hydrogen-bond acceptors (Lipinski definition) is 4. The van der Waals surface area contributed by atoms with E-state index in [2.05, 4.69) is 5.16 Å². The quantitative estimate of drug-likeness (QED) is 0.699. The first-order valence-electron chi connectivity index (χ1n) is 9.47. The van der Waals surface area contributed by atoms with E-state index in [-0.39, 0.29) is 36.6 Å². The summed E-state index contributed by atoms with van der Waals surface area (Å²) in [5, 5.41) is 4.16. The molecule has 2 aromatic rings. The van der Waals surface area contributed by atoms with Gasteiger partial charge in [-0.2, -0.15) is 0 Å². The summed E-state index contributed by atoms with van der Waals surface area (Å²) >= 11 is 0. The normalized spacial score (nSPS) is 15.8. The van der Waals surface area contributed by atoms with Crippen molar-refractivity contribution in [2.24, 2.45) is 11.1 Å². The van der Waals surface area contributed by atoms with E-state index in [0.717, 1.165) is 17.3 Å². The van der Waals surface area contributed by atoms with E-state index in [9.17, 15) is 13.6 Å². The average molecular weight is 402 g/mol. The number of halogens is 2. The molecule has 0 saturated carbocycles. The Kier molecular flexibility index (Phi) is 6.46. The number of rotatable bonds is 7. The second-order valence-electron chi connectivity index (χ2n) is 7.28. The minimum Gasteiger partial charge on any atom is -0.496 e. The minimum absolute atomic E-state index is 0.0347. The van der Waals surface area contributed by atoms with Crippen LogP contribution in [-0.2, 0) is 16.2 Å². The van der Waals surface area contributed by atoms with Gasteiger partial charge in [0.15, 0.2) is 6.10 Å². The maximum atomic E-state index is 14.1. The highest BCUT2D eigenvalue weighted by atomic mass is 19.1. The molecule has 0 N–H and O–H groups in total. The van der Waals surface area contributed by atoms with Crippen molar-refractivity contribution in [2.75, 3.05) is 13.7 Å². The van der Waals surface area contributed by atoms with E-state index in [1.165, 1.54) is 17.0 Å². The SMILES string of the molecule is COc1ccccc1C1=NO[C@@H](CN(Cc2ccc(F)cc2F)C(=O)C(C)C)C1. The van der Waals surface area contributed by atoms with E-state index in [4.69, 9.17) is 9.57 Å². The molecule has 0 radical (unpaired) electrons. The van der Waals surface area contributed by atoms with E-state index in [0.29, 0.717) is 12.2 Å². The Balaban J connectivity index is 1.73. The Morgan fingerprint density at radius 3 is 2.72 bits per heavy atom. The highest BCUT2D eigenvalue weighted by Gasteiger charge is 2.29. The summed E-state index contributed by atoms with van der Waals surface area (Å²) in [6.45, 7) is 3.84. The lowest BCUT2D eigenvalue weighted by Crippen LogP contribution is -2.39. The summed E-state index contributed by atoms with van der Waals surface area (Å²) in [5.41, 5.74) is 1.82. The molecule has 1 heterocycles. The number of benzene rings is 2. The van der Waals surface area contributed by atoms with Gasteiger partial charge in [-0.05, 0) is 18.2 Å². The summed E-state index contributed by atoms with van der Waals surface area (Å²) in [7, 11) is 1.59. The summed E-state index contributed by atoms with van der Waals surface area (Å²) in [6, 6.07) is 10.9. The van der Waals surface area contributed by atoms with Crippen LogP contribution < -0.4 is 4.74 Å². The summed E-state index contributed by atoms with van der Waals surface area (Å²) in [4.78, 5) is 19.8. The number of carbonyl (C=O) groups is 1. The smallest absolute Gasteiger partial charge is 0.225 e. The van der Waals surface area contributed by atoms with E-state index in [1.54, 1.807) is 21.0 Å². The van der Waals surface area contributed by atoms with Gasteiger partial charge in [-0.1, -0.05) is 37.2 Å². The Labute approximate surface area is 168 Å². The Morgan fingerprint density at radius 2 is 2.03 bits per heavy atom. The number of ether oxygens (including phenoxy) is 1. The van der Waals surface area contributed by atoms with Gasteiger partial charge in [0.25, 0.3) is 0 Å². The van der Waals surface area contributed by atoms with Gasteiger partial charge in [-0.3, -0.25) is 4.79 Å². The third-order valence-electron chi connectivity index (χ3n) is 4.76. The topological polar surface area (TPSA) is 51.1 Å². The fourth-order valence-corrected chi connectivity index (χ4v) is 3.27. The summed E-state index contributed by atoms with van der Waals surface area (Å²) in [6.07, 6.45) is 0.134. The van der Waals surface area contributed by atoms with Gasteiger partial charge in [-0.25, -0.2) is 8.78 Å². The van der Waals surface area contributed by atoms with Crippen LogP contribution in [0.3, 0.4) is 0 Å². The molecule has 7 heteroatoms. The molecule has 154 valence electrons. The van der Waals surface area contributed by atoms with Crippen molar-refractivity contribution in [2.45, 2.75) is 32.9 Å². The van der Waals surface area contributed by atoms with Crippen LogP contribution in [0.1, 0.15) is 31.4 Å². The van der Waals surface area contributed by atoms with Crippen LogP contribution in [-0.4, -0.2) is 36.3 Å². The Hall–Kier alpha value is -2.96. The molecule has 3 rings (SSSR count). The first kappa shape index (κ1) is 20.8. The van der Waals surface area contributed by atoms with Gasteiger partial charge in [0.1, 0.15) is 17.4 Å². The number of hydrogen-bond donors (Lipinski definition) is 0. The van der Waals surface area contributed by atoms with E-state index >= 15 is 0 Å². The van der Waals surface area contributed by atoms with E-state index < -0.39 is 11.6 Å². The van der Waals surface area contributed by atoms with Crippen LogP contribution in [0.25, 0.3) is 0 Å². The van der Waals surface area contributed by atoms with Gasteiger partial charge in [0.05, 0.1) is 19.4 Å². The highest BCUT2D eigenvalue weighted by Crippen LogP contribution is 2.25. The predicted molar refractivity (Wildman–Crippen MR) is 106 cm³/mol. The molecule has 1 atom stereocenters. The zero-order valence-corrected chi connectivity index (χ0v) is 16.7. The monoisotopic (exact) mass is 402 g/mol. The van der Waals surface area contributed by atoms with Crippen molar-refractivity contribution in [3.63, 3.8) is 0 Å². The molecule has 29 heavy (non-hydrogen) atoms. The van der Waals surface area contributed by atoms with Crippen molar-refractivity contribution in [3.05, 3.63) is 65.2 Å². The number of carbonyl (C=O) groups excluding carboxylic acids is 1.